The van der Waals surface area contributed by atoms with Gasteiger partial charge in [0.1, 0.15) is 0 Å². The van der Waals surface area contributed by atoms with Gasteiger partial charge in [0.2, 0.25) is 0 Å². The molecule has 0 aromatic carbocycles. The summed E-state index contributed by atoms with van der Waals surface area (Å²) >= 11 is 0. The molecule has 0 bridgehead atoms. The molecule has 1 aliphatic rings. The maximum Gasteiger partial charge on any atom is 0.282 e. The Balaban J connectivity index is 2.89. The lowest BCUT2D eigenvalue weighted by atomic mass is 10.1. The summed E-state index contributed by atoms with van der Waals surface area (Å²) in [5, 5.41) is 0. The molecule has 0 atom stereocenters. The van der Waals surface area contributed by atoms with Gasteiger partial charge in [0.25, 0.3) is 10.2 Å². The van der Waals surface area contributed by atoms with Gasteiger partial charge in [0.05, 0.1) is 18.8 Å². The molecule has 0 saturated carbocycles. The highest BCUT2D eigenvalue weighted by atomic mass is 32.2. The van der Waals surface area contributed by atoms with Crippen molar-refractivity contribution in [1.29, 1.82) is 0 Å². The SMILES string of the molecule is CCCCN(CCCC)S(=O)(=O)N1CCOCC1(C)C. The second-order valence-corrected chi connectivity index (χ2v) is 7.90. The Morgan fingerprint density at radius 2 is 1.70 bits per heavy atom. The minimum absolute atomic E-state index is 0.448. The highest BCUT2D eigenvalue weighted by Crippen LogP contribution is 2.25. The van der Waals surface area contributed by atoms with E-state index < -0.39 is 15.7 Å². The summed E-state index contributed by atoms with van der Waals surface area (Å²) in [6.07, 6.45) is 3.83. The van der Waals surface area contributed by atoms with Crippen molar-refractivity contribution in [3.8, 4) is 0 Å². The van der Waals surface area contributed by atoms with E-state index in [1.165, 1.54) is 0 Å². The van der Waals surface area contributed by atoms with Crippen molar-refractivity contribution in [3.05, 3.63) is 0 Å². The van der Waals surface area contributed by atoms with E-state index in [4.69, 9.17) is 4.74 Å². The summed E-state index contributed by atoms with van der Waals surface area (Å²) < 4.78 is 34.5. The maximum atomic E-state index is 12.9. The van der Waals surface area contributed by atoms with Crippen molar-refractivity contribution in [2.24, 2.45) is 0 Å². The van der Waals surface area contributed by atoms with Gasteiger partial charge in [-0.2, -0.15) is 17.0 Å². The second kappa shape index (κ2) is 7.73. The molecule has 0 spiro atoms. The van der Waals surface area contributed by atoms with E-state index in [0.29, 0.717) is 32.8 Å². The first-order chi connectivity index (χ1) is 9.36. The van der Waals surface area contributed by atoms with Crippen LogP contribution in [0.3, 0.4) is 0 Å². The molecular weight excluding hydrogens is 276 g/mol. The van der Waals surface area contributed by atoms with Gasteiger partial charge in [-0.1, -0.05) is 26.7 Å². The first kappa shape index (κ1) is 17.9. The Bertz CT molecular complexity index is 374. The van der Waals surface area contributed by atoms with Crippen LogP contribution in [0.2, 0.25) is 0 Å². The van der Waals surface area contributed by atoms with Crippen molar-refractivity contribution < 1.29 is 13.2 Å². The fraction of sp³-hybridized carbons (Fsp3) is 1.00. The van der Waals surface area contributed by atoms with Crippen molar-refractivity contribution in [3.63, 3.8) is 0 Å². The predicted octanol–water partition coefficient (Wildman–Crippen LogP) is 2.24. The van der Waals surface area contributed by atoms with Gasteiger partial charge in [0.15, 0.2) is 0 Å². The van der Waals surface area contributed by atoms with Crippen molar-refractivity contribution in [2.75, 3.05) is 32.8 Å². The average molecular weight is 306 g/mol. The van der Waals surface area contributed by atoms with Crippen LogP contribution in [0, 0.1) is 0 Å². The minimum Gasteiger partial charge on any atom is -0.378 e. The van der Waals surface area contributed by atoms with Crippen molar-refractivity contribution >= 4 is 10.2 Å². The number of ether oxygens (including phenoxy) is 1. The summed E-state index contributed by atoms with van der Waals surface area (Å²) in [6, 6.07) is 0. The number of rotatable bonds is 8. The zero-order valence-electron chi connectivity index (χ0n) is 13.4. The maximum absolute atomic E-state index is 12.9. The van der Waals surface area contributed by atoms with E-state index in [2.05, 4.69) is 13.8 Å². The number of hydrogen-bond donors (Lipinski definition) is 0. The molecule has 6 heteroatoms. The van der Waals surface area contributed by atoms with Crippen LogP contribution in [0.5, 0.6) is 0 Å². The quantitative estimate of drug-likeness (QED) is 0.691. The second-order valence-electron chi connectivity index (χ2n) is 6.05. The van der Waals surface area contributed by atoms with Gasteiger partial charge in [-0.25, -0.2) is 0 Å². The number of unbranched alkanes of at least 4 members (excludes halogenated alkanes) is 2. The number of morpholine rings is 1. The Hall–Kier alpha value is -0.170. The minimum atomic E-state index is -3.39. The van der Waals surface area contributed by atoms with Crippen LogP contribution < -0.4 is 0 Å². The van der Waals surface area contributed by atoms with Crippen LogP contribution in [0.15, 0.2) is 0 Å². The molecule has 1 heterocycles. The van der Waals surface area contributed by atoms with Gasteiger partial charge in [-0.15, -0.1) is 0 Å². The van der Waals surface area contributed by atoms with E-state index >= 15 is 0 Å². The smallest absolute Gasteiger partial charge is 0.282 e. The lowest BCUT2D eigenvalue weighted by molar-refractivity contribution is -0.0106. The van der Waals surface area contributed by atoms with E-state index in [0.717, 1.165) is 25.7 Å². The Kier molecular flexibility index (Phi) is 6.91. The molecule has 0 amide bonds. The predicted molar refractivity (Wildman–Crippen MR) is 81.9 cm³/mol. The lowest BCUT2D eigenvalue weighted by Gasteiger charge is -2.43. The van der Waals surface area contributed by atoms with Crippen molar-refractivity contribution in [2.45, 2.75) is 58.9 Å². The zero-order chi connectivity index (χ0) is 15.2. The molecule has 1 aliphatic heterocycles. The van der Waals surface area contributed by atoms with Gasteiger partial charge in [-0.3, -0.25) is 0 Å². The topological polar surface area (TPSA) is 49.9 Å². The van der Waals surface area contributed by atoms with E-state index in [1.807, 2.05) is 13.8 Å². The summed E-state index contributed by atoms with van der Waals surface area (Å²) in [7, 11) is -3.39. The van der Waals surface area contributed by atoms with Gasteiger partial charge in [-0.05, 0) is 26.7 Å². The summed E-state index contributed by atoms with van der Waals surface area (Å²) in [4.78, 5) is 0. The molecule has 1 fully saturated rings. The standard InChI is InChI=1S/C14H30N2O3S/c1-5-7-9-15(10-8-6-2)20(17,18)16-11-12-19-13-14(16,3)4/h5-13H2,1-4H3. The average Bonchev–Trinajstić information content (AvgIpc) is 2.37. The van der Waals surface area contributed by atoms with Crippen LogP contribution in [0.25, 0.3) is 0 Å². The fourth-order valence-corrected chi connectivity index (χ4v) is 4.40. The third-order valence-electron chi connectivity index (χ3n) is 3.70. The molecule has 0 aliphatic carbocycles. The number of nitrogens with zero attached hydrogens (tertiary/aromatic N) is 2. The third kappa shape index (κ3) is 4.41. The van der Waals surface area contributed by atoms with Crippen molar-refractivity contribution in [1.82, 2.24) is 8.61 Å². The molecule has 0 radical (unpaired) electrons. The molecule has 1 rings (SSSR count). The first-order valence-electron chi connectivity index (χ1n) is 7.72. The zero-order valence-corrected chi connectivity index (χ0v) is 14.2. The first-order valence-corrected chi connectivity index (χ1v) is 9.11. The molecule has 20 heavy (non-hydrogen) atoms. The number of hydrogen-bond acceptors (Lipinski definition) is 3. The molecule has 0 aromatic heterocycles. The molecule has 5 nitrogen and oxygen atoms in total. The van der Waals surface area contributed by atoms with Crippen LogP contribution >= 0.6 is 0 Å². The highest BCUT2D eigenvalue weighted by Gasteiger charge is 2.41. The molecular formula is C14H30N2O3S. The van der Waals surface area contributed by atoms with E-state index in [1.54, 1.807) is 8.61 Å². The fourth-order valence-electron chi connectivity index (χ4n) is 2.42. The van der Waals surface area contributed by atoms with E-state index in [9.17, 15) is 8.42 Å². The van der Waals surface area contributed by atoms with Crippen LogP contribution in [-0.2, 0) is 14.9 Å². The monoisotopic (exact) mass is 306 g/mol. The van der Waals surface area contributed by atoms with Gasteiger partial charge < -0.3 is 4.74 Å². The Morgan fingerprint density at radius 1 is 1.15 bits per heavy atom. The van der Waals surface area contributed by atoms with Gasteiger partial charge >= 0.3 is 0 Å². The molecule has 0 unspecified atom stereocenters. The van der Waals surface area contributed by atoms with Crippen LogP contribution in [0.4, 0.5) is 0 Å². The molecule has 120 valence electrons. The third-order valence-corrected chi connectivity index (χ3v) is 5.95. The highest BCUT2D eigenvalue weighted by molar-refractivity contribution is 7.86. The summed E-state index contributed by atoms with van der Waals surface area (Å²) in [5.74, 6) is 0. The Labute approximate surface area is 124 Å². The Morgan fingerprint density at radius 3 is 2.15 bits per heavy atom. The summed E-state index contributed by atoms with van der Waals surface area (Å²) in [5.41, 5.74) is -0.465. The molecule has 0 aromatic rings. The molecule has 0 N–H and O–H groups in total. The normalized spacial score (nSPS) is 20.4. The van der Waals surface area contributed by atoms with Crippen LogP contribution in [-0.4, -0.2) is 55.4 Å². The van der Waals surface area contributed by atoms with E-state index in [-0.39, 0.29) is 0 Å². The summed E-state index contributed by atoms with van der Waals surface area (Å²) in [6.45, 7) is 10.7. The molecule has 1 saturated heterocycles. The largest absolute Gasteiger partial charge is 0.378 e. The lowest BCUT2D eigenvalue weighted by Crippen LogP contribution is -2.59. The van der Waals surface area contributed by atoms with Crippen LogP contribution in [0.1, 0.15) is 53.4 Å². The van der Waals surface area contributed by atoms with Gasteiger partial charge in [0, 0.05) is 19.6 Å².